The molecular formula is C29H21CoN5. The van der Waals surface area contributed by atoms with Crippen LogP contribution in [0.4, 0.5) is 0 Å². The summed E-state index contributed by atoms with van der Waals surface area (Å²) in [6.07, 6.45) is 9.90. The summed E-state index contributed by atoms with van der Waals surface area (Å²) in [6.45, 7) is 0. The number of benzene rings is 1. The van der Waals surface area contributed by atoms with Gasteiger partial charge >= 0.3 is 0 Å². The Morgan fingerprint density at radius 2 is 0.914 bits per heavy atom. The Hall–Kier alpha value is -4.26. The minimum absolute atomic E-state index is 0. The van der Waals surface area contributed by atoms with Crippen LogP contribution >= 0.6 is 0 Å². The van der Waals surface area contributed by atoms with E-state index < -0.39 is 0 Å². The van der Waals surface area contributed by atoms with Gasteiger partial charge in [-0.25, -0.2) is 9.97 Å². The van der Waals surface area contributed by atoms with Gasteiger partial charge in [-0.2, -0.15) is 0 Å². The van der Waals surface area contributed by atoms with Gasteiger partial charge in [0, 0.05) is 50.4 Å². The van der Waals surface area contributed by atoms with Crippen LogP contribution in [-0.2, 0) is 16.8 Å². The van der Waals surface area contributed by atoms with E-state index in [1.165, 1.54) is 5.39 Å². The van der Waals surface area contributed by atoms with Gasteiger partial charge in [-0.05, 0) is 85.0 Å². The van der Waals surface area contributed by atoms with Gasteiger partial charge in [0.15, 0.2) is 0 Å². The number of aromatic amines is 2. The normalized spacial score (nSPS) is 11.5. The number of hydrogen-bond acceptors (Lipinski definition) is 3. The quantitative estimate of drug-likeness (QED) is 0.239. The number of nitrogens with one attached hydrogen (secondary N) is 2. The minimum Gasteiger partial charge on any atom is -0.355 e. The third kappa shape index (κ3) is 5.29. The number of H-pyrrole nitrogens is 2. The third-order valence-corrected chi connectivity index (χ3v) is 5.55. The molecule has 6 heterocycles. The van der Waals surface area contributed by atoms with E-state index in [1.54, 1.807) is 0 Å². The van der Waals surface area contributed by atoms with Gasteiger partial charge in [-0.15, -0.1) is 0 Å². The Morgan fingerprint density at radius 3 is 1.37 bits per heavy atom. The first-order valence-electron chi connectivity index (χ1n) is 11.1. The van der Waals surface area contributed by atoms with E-state index in [4.69, 9.17) is 0 Å². The third-order valence-electron chi connectivity index (χ3n) is 5.55. The van der Waals surface area contributed by atoms with Crippen LogP contribution in [0.1, 0.15) is 22.8 Å². The van der Waals surface area contributed by atoms with Gasteiger partial charge in [-0.1, -0.05) is 24.3 Å². The van der Waals surface area contributed by atoms with Gasteiger partial charge in [-0.3, -0.25) is 4.98 Å². The summed E-state index contributed by atoms with van der Waals surface area (Å²) in [6, 6.07) is 28.4. The van der Waals surface area contributed by atoms with Gasteiger partial charge in [0.25, 0.3) is 0 Å². The first kappa shape index (κ1) is 22.5. The fraction of sp³-hybridized carbons (Fsp3) is 0. The number of nitrogens with zero attached hydrogens (tertiary/aromatic N) is 3. The van der Waals surface area contributed by atoms with Gasteiger partial charge < -0.3 is 9.97 Å². The van der Waals surface area contributed by atoms with E-state index in [0.29, 0.717) is 0 Å². The Morgan fingerprint density at radius 1 is 0.486 bits per heavy atom. The predicted octanol–water partition coefficient (Wildman–Crippen LogP) is 6.89. The van der Waals surface area contributed by atoms with Crippen LogP contribution in [0, 0.1) is 0 Å². The minimum atomic E-state index is 0. The summed E-state index contributed by atoms with van der Waals surface area (Å²) in [5.74, 6) is 0. The van der Waals surface area contributed by atoms with E-state index in [9.17, 15) is 0 Å². The fourth-order valence-electron chi connectivity index (χ4n) is 3.96. The molecule has 171 valence electrons. The standard InChI is InChI=1S/C20H14N4.C9H7N.Co/c1-2-14-10-16-5-6-18(23-16)12-20-8-7-19(24-20)11-17-4-3-15(22-17)9-13(1)21-14;1-2-6-9-8(4-1)5-3-7-10-9;/h1-12,21,24H;1-7H;. The molecule has 2 aliphatic rings. The zero-order chi connectivity index (χ0) is 22.7. The fourth-order valence-corrected chi connectivity index (χ4v) is 3.96. The molecule has 2 aliphatic heterocycles. The van der Waals surface area contributed by atoms with Crippen molar-refractivity contribution in [2.75, 3.05) is 0 Å². The van der Waals surface area contributed by atoms with E-state index in [1.807, 2.05) is 79.0 Å². The number of fused-ring (bicyclic) bond motifs is 9. The molecule has 2 N–H and O–H groups in total. The Balaban J connectivity index is 0.000000194. The topological polar surface area (TPSA) is 70.2 Å². The van der Waals surface area contributed by atoms with E-state index in [2.05, 4.69) is 61.3 Å². The second-order valence-electron chi connectivity index (χ2n) is 8.10. The molecule has 0 saturated heterocycles. The molecule has 4 aromatic heterocycles. The molecule has 8 bridgehead atoms. The molecule has 5 nitrogen and oxygen atoms in total. The molecule has 0 amide bonds. The van der Waals surface area contributed by atoms with Crippen molar-refractivity contribution >= 4 is 57.3 Å². The summed E-state index contributed by atoms with van der Waals surface area (Å²) in [7, 11) is 0. The van der Waals surface area contributed by atoms with Crippen LogP contribution in [-0.4, -0.2) is 24.9 Å². The molecule has 0 fully saturated rings. The molecule has 0 atom stereocenters. The van der Waals surface area contributed by atoms with Crippen LogP contribution in [0.3, 0.4) is 0 Å². The molecule has 35 heavy (non-hydrogen) atoms. The number of hydrogen-bond donors (Lipinski definition) is 2. The van der Waals surface area contributed by atoms with Gasteiger partial charge in [0.2, 0.25) is 0 Å². The van der Waals surface area contributed by atoms with Crippen LogP contribution in [0.25, 0.3) is 57.3 Å². The van der Waals surface area contributed by atoms with Crippen molar-refractivity contribution in [3.63, 3.8) is 0 Å². The number of aromatic nitrogens is 5. The smallest absolute Gasteiger partial charge is 0.0701 e. The largest absolute Gasteiger partial charge is 0.355 e. The van der Waals surface area contributed by atoms with Crippen molar-refractivity contribution in [3.8, 4) is 0 Å². The van der Waals surface area contributed by atoms with E-state index in [0.717, 1.165) is 50.4 Å². The van der Waals surface area contributed by atoms with Crippen molar-refractivity contribution in [2.45, 2.75) is 0 Å². The van der Waals surface area contributed by atoms with Crippen molar-refractivity contribution in [3.05, 3.63) is 114 Å². The average molecular weight is 498 g/mol. The van der Waals surface area contributed by atoms with Crippen LogP contribution < -0.4 is 0 Å². The predicted molar refractivity (Wildman–Crippen MR) is 141 cm³/mol. The average Bonchev–Trinajstić information content (AvgIpc) is 3.66. The maximum atomic E-state index is 4.63. The molecule has 0 aliphatic carbocycles. The number of pyridine rings is 1. The molecule has 1 radical (unpaired) electrons. The Bertz CT molecular complexity index is 1490. The SMILES string of the molecule is C1=Cc2cc3ccc(cc4nc(cc5ccc(cc1n2)[nH]5)C=C4)[nH]3.[Co].c1ccc2ncccc2c1. The summed E-state index contributed by atoms with van der Waals surface area (Å²) in [4.78, 5) is 20.2. The molecule has 0 spiro atoms. The number of para-hydroxylation sites is 1. The van der Waals surface area contributed by atoms with Gasteiger partial charge in [0.1, 0.15) is 0 Å². The van der Waals surface area contributed by atoms with Crippen LogP contribution in [0.5, 0.6) is 0 Å². The Labute approximate surface area is 212 Å². The molecule has 0 unspecified atom stereocenters. The zero-order valence-corrected chi connectivity index (χ0v) is 19.7. The molecule has 1 aromatic carbocycles. The van der Waals surface area contributed by atoms with E-state index >= 15 is 0 Å². The molecule has 0 saturated carbocycles. The monoisotopic (exact) mass is 498 g/mol. The second-order valence-corrected chi connectivity index (χ2v) is 8.10. The van der Waals surface area contributed by atoms with Crippen molar-refractivity contribution in [1.82, 2.24) is 24.9 Å². The molecular weight excluding hydrogens is 477 g/mol. The zero-order valence-electron chi connectivity index (χ0n) is 18.6. The summed E-state index contributed by atoms with van der Waals surface area (Å²) < 4.78 is 0. The summed E-state index contributed by atoms with van der Waals surface area (Å²) >= 11 is 0. The van der Waals surface area contributed by atoms with E-state index in [-0.39, 0.29) is 16.8 Å². The van der Waals surface area contributed by atoms with Gasteiger partial charge in [0.05, 0.1) is 28.3 Å². The Kier molecular flexibility index (Phi) is 6.39. The summed E-state index contributed by atoms with van der Waals surface area (Å²) in [5, 5.41) is 1.20. The van der Waals surface area contributed by atoms with Crippen LogP contribution in [0.15, 0.2) is 91.1 Å². The first-order valence-corrected chi connectivity index (χ1v) is 11.1. The van der Waals surface area contributed by atoms with Crippen LogP contribution in [0.2, 0.25) is 0 Å². The first-order chi connectivity index (χ1) is 16.8. The van der Waals surface area contributed by atoms with Crippen molar-refractivity contribution in [2.24, 2.45) is 0 Å². The second kappa shape index (κ2) is 9.93. The molecule has 5 aromatic rings. The molecule has 7 rings (SSSR count). The maximum absolute atomic E-state index is 4.63. The molecule has 6 heteroatoms. The summed E-state index contributed by atoms with van der Waals surface area (Å²) in [5.41, 5.74) is 8.92. The maximum Gasteiger partial charge on any atom is 0.0701 e. The van der Waals surface area contributed by atoms with Crippen molar-refractivity contribution < 1.29 is 16.8 Å². The van der Waals surface area contributed by atoms with Crippen molar-refractivity contribution in [1.29, 1.82) is 0 Å². The number of rotatable bonds is 0.